The predicted octanol–water partition coefficient (Wildman–Crippen LogP) is 7.28. The van der Waals surface area contributed by atoms with Gasteiger partial charge in [-0.15, -0.1) is 0 Å². The number of nitrogens with zero attached hydrogens (tertiary/aromatic N) is 1. The Labute approximate surface area is 210 Å². The molecule has 0 amide bonds. The molecule has 0 aliphatic heterocycles. The fourth-order valence-electron chi connectivity index (χ4n) is 4.44. The largest absolute Gasteiger partial charge is 0.481 e. The molecule has 3 aromatic carbocycles. The summed E-state index contributed by atoms with van der Waals surface area (Å²) in [5.74, 6) is 0.815. The third-order valence-electron chi connectivity index (χ3n) is 6.28. The lowest BCUT2D eigenvalue weighted by Crippen LogP contribution is -2.22. The van der Waals surface area contributed by atoms with Gasteiger partial charge in [-0.25, -0.2) is 0 Å². The second-order valence-electron chi connectivity index (χ2n) is 8.83. The minimum absolute atomic E-state index is 0.249. The average molecular weight is 481 g/mol. The Morgan fingerprint density at radius 1 is 1.06 bits per heavy atom. The van der Waals surface area contributed by atoms with Crippen molar-refractivity contribution in [3.8, 4) is 34.1 Å². The minimum atomic E-state index is -0.823. The summed E-state index contributed by atoms with van der Waals surface area (Å²) in [6, 6.07) is 23.9. The summed E-state index contributed by atoms with van der Waals surface area (Å²) in [4.78, 5) is 16.4. The van der Waals surface area contributed by atoms with Gasteiger partial charge in [0.05, 0.1) is 5.92 Å². The van der Waals surface area contributed by atoms with E-state index in [2.05, 4.69) is 23.5 Å². The molecule has 0 bridgehead atoms. The molecule has 1 unspecified atom stereocenters. The normalized spacial score (nSPS) is 12.8. The zero-order chi connectivity index (χ0) is 24.9. The number of fused-ring (bicyclic) bond motifs is 1. The molecule has 1 heterocycles. The van der Waals surface area contributed by atoms with Crippen LogP contribution in [0, 0.1) is 5.92 Å². The van der Waals surface area contributed by atoms with Gasteiger partial charge in [0.15, 0.2) is 5.76 Å². The molecule has 2 N–H and O–H groups in total. The number of aromatic nitrogens is 1. The maximum absolute atomic E-state index is 11.6. The molecule has 36 heavy (non-hydrogen) atoms. The minimum Gasteiger partial charge on any atom is -0.481 e. The van der Waals surface area contributed by atoms with E-state index in [-0.39, 0.29) is 6.54 Å². The Bertz CT molecular complexity index is 1370. The molecular weight excluding hydrogens is 452 g/mol. The van der Waals surface area contributed by atoms with Crippen LogP contribution in [0.5, 0.6) is 11.5 Å². The summed E-state index contributed by atoms with van der Waals surface area (Å²) in [5, 5.41) is 12.6. The summed E-state index contributed by atoms with van der Waals surface area (Å²) in [5.41, 5.74) is 4.90. The lowest BCUT2D eigenvalue weighted by atomic mass is 9.98. The van der Waals surface area contributed by atoms with Gasteiger partial charge in [-0.2, -0.15) is 4.98 Å². The highest BCUT2D eigenvalue weighted by molar-refractivity contribution is 5.85. The molecule has 1 aliphatic carbocycles. The van der Waals surface area contributed by atoms with Gasteiger partial charge in [0.1, 0.15) is 17.2 Å². The van der Waals surface area contributed by atoms with E-state index in [9.17, 15) is 9.90 Å². The number of hydrogen-bond acceptors (Lipinski definition) is 5. The molecule has 0 saturated heterocycles. The molecule has 0 spiro atoms. The Kier molecular flexibility index (Phi) is 6.85. The number of para-hydroxylation sites is 1. The number of nitrogens with one attached hydrogen (secondary N) is 1. The third kappa shape index (κ3) is 5.03. The molecule has 1 aromatic heterocycles. The summed E-state index contributed by atoms with van der Waals surface area (Å²) in [6.07, 6.45) is 6.52. The predicted molar refractivity (Wildman–Crippen MR) is 141 cm³/mol. The molecule has 5 rings (SSSR count). The molecule has 0 fully saturated rings. The van der Waals surface area contributed by atoms with Gasteiger partial charge in [-0.3, -0.25) is 4.79 Å². The number of carboxylic acid groups (broad SMARTS) is 1. The van der Waals surface area contributed by atoms with E-state index in [0.717, 1.165) is 41.0 Å². The summed E-state index contributed by atoms with van der Waals surface area (Å²) >= 11 is 0. The van der Waals surface area contributed by atoms with Gasteiger partial charge < -0.3 is 19.6 Å². The number of ether oxygens (including phenoxy) is 1. The van der Waals surface area contributed by atoms with E-state index in [4.69, 9.17) is 14.1 Å². The Morgan fingerprint density at radius 2 is 1.83 bits per heavy atom. The van der Waals surface area contributed by atoms with Crippen molar-refractivity contribution in [1.82, 2.24) is 4.98 Å². The number of carboxylic acids is 1. The Morgan fingerprint density at radius 3 is 2.58 bits per heavy atom. The van der Waals surface area contributed by atoms with Gasteiger partial charge in [0.2, 0.25) is 0 Å². The lowest BCUT2D eigenvalue weighted by molar-refractivity contribution is -0.141. The second kappa shape index (κ2) is 10.5. The Hall–Kier alpha value is -4.32. The van der Waals surface area contributed by atoms with Crippen LogP contribution in [0.1, 0.15) is 30.9 Å². The Balaban J connectivity index is 1.48. The van der Waals surface area contributed by atoms with E-state index in [1.807, 2.05) is 73.7 Å². The van der Waals surface area contributed by atoms with E-state index < -0.39 is 11.9 Å². The number of carbonyl (C=O) groups is 1. The molecule has 6 nitrogen and oxygen atoms in total. The van der Waals surface area contributed by atoms with Crippen molar-refractivity contribution in [2.24, 2.45) is 5.92 Å². The van der Waals surface area contributed by atoms with Crippen molar-refractivity contribution in [2.45, 2.75) is 26.2 Å². The molecule has 1 atom stereocenters. The van der Waals surface area contributed by atoms with Crippen molar-refractivity contribution in [1.29, 1.82) is 0 Å². The number of allylic oxidation sites excluding steroid dienone is 1. The fraction of sp³-hybridized carbons (Fsp3) is 0.200. The van der Waals surface area contributed by atoms with E-state index in [0.29, 0.717) is 23.9 Å². The SMILES string of the molecule is CCCC(CNc1nc(-c2ccc(Oc3ccccc3)cc2)c(-c2cccc3c2C=CC3)o1)C(=O)O. The fourth-order valence-corrected chi connectivity index (χ4v) is 4.44. The molecule has 0 saturated carbocycles. The number of benzene rings is 3. The summed E-state index contributed by atoms with van der Waals surface area (Å²) < 4.78 is 12.2. The van der Waals surface area contributed by atoms with Crippen molar-refractivity contribution in [2.75, 3.05) is 11.9 Å². The third-order valence-corrected chi connectivity index (χ3v) is 6.28. The van der Waals surface area contributed by atoms with Gasteiger partial charge in [0.25, 0.3) is 6.01 Å². The highest BCUT2D eigenvalue weighted by atomic mass is 16.5. The number of aliphatic carboxylic acids is 1. The van der Waals surface area contributed by atoms with Crippen LogP contribution < -0.4 is 10.1 Å². The van der Waals surface area contributed by atoms with Crippen LogP contribution in [-0.4, -0.2) is 22.6 Å². The van der Waals surface area contributed by atoms with Gasteiger partial charge in [-0.05, 0) is 60.4 Å². The molecule has 1 aliphatic rings. The van der Waals surface area contributed by atoms with Crippen molar-refractivity contribution in [3.05, 3.63) is 90.0 Å². The zero-order valence-electron chi connectivity index (χ0n) is 20.1. The smallest absolute Gasteiger partial charge is 0.308 e. The van der Waals surface area contributed by atoms with Gasteiger partial charge >= 0.3 is 5.97 Å². The summed E-state index contributed by atoms with van der Waals surface area (Å²) in [6.45, 7) is 2.23. The highest BCUT2D eigenvalue weighted by Gasteiger charge is 2.23. The van der Waals surface area contributed by atoms with Crippen LogP contribution in [0.25, 0.3) is 28.7 Å². The second-order valence-corrected chi connectivity index (χ2v) is 8.83. The van der Waals surface area contributed by atoms with Crippen LogP contribution in [-0.2, 0) is 11.2 Å². The van der Waals surface area contributed by atoms with E-state index in [1.54, 1.807) is 0 Å². The average Bonchev–Trinajstić information content (AvgIpc) is 3.55. The summed E-state index contributed by atoms with van der Waals surface area (Å²) in [7, 11) is 0. The molecule has 6 heteroatoms. The molecule has 0 radical (unpaired) electrons. The molecule has 4 aromatic rings. The highest BCUT2D eigenvalue weighted by Crippen LogP contribution is 2.39. The first kappa shape index (κ1) is 23.4. The first-order valence-corrected chi connectivity index (χ1v) is 12.2. The first-order chi connectivity index (χ1) is 17.6. The number of oxazole rings is 1. The van der Waals surface area contributed by atoms with Crippen molar-refractivity contribution < 1.29 is 19.1 Å². The van der Waals surface area contributed by atoms with Gasteiger partial charge in [-0.1, -0.05) is 61.9 Å². The van der Waals surface area contributed by atoms with E-state index in [1.165, 1.54) is 5.56 Å². The number of rotatable bonds is 10. The quantitative estimate of drug-likeness (QED) is 0.248. The zero-order valence-corrected chi connectivity index (χ0v) is 20.1. The van der Waals surface area contributed by atoms with Crippen molar-refractivity contribution in [3.63, 3.8) is 0 Å². The number of hydrogen-bond donors (Lipinski definition) is 2. The monoisotopic (exact) mass is 480 g/mol. The van der Waals surface area contributed by atoms with Crippen LogP contribution in [0.15, 0.2) is 83.3 Å². The van der Waals surface area contributed by atoms with Gasteiger partial charge in [0, 0.05) is 17.7 Å². The van der Waals surface area contributed by atoms with Crippen LogP contribution in [0.2, 0.25) is 0 Å². The molecule has 182 valence electrons. The van der Waals surface area contributed by atoms with Crippen molar-refractivity contribution >= 4 is 18.1 Å². The maximum Gasteiger partial charge on any atom is 0.308 e. The van der Waals surface area contributed by atoms with Crippen LogP contribution >= 0.6 is 0 Å². The van der Waals surface area contributed by atoms with Crippen LogP contribution in [0.4, 0.5) is 6.01 Å². The number of anilines is 1. The first-order valence-electron chi connectivity index (χ1n) is 12.2. The van der Waals surface area contributed by atoms with E-state index >= 15 is 0 Å². The maximum atomic E-state index is 11.6. The van der Waals surface area contributed by atoms with Crippen LogP contribution in [0.3, 0.4) is 0 Å². The lowest BCUT2D eigenvalue weighted by Gasteiger charge is -2.10. The molecular formula is C30H28N2O4. The standard InChI is InChI=1S/C30H28N2O4/c1-2-8-22(29(33)34)19-31-30-32-27(28(36-30)26-14-7-10-20-9-6-13-25(20)26)21-15-17-24(18-16-21)35-23-11-4-3-5-12-23/h3-7,10-18,22H,2,8-9,19H2,1H3,(H,31,32)(H,33,34). The topological polar surface area (TPSA) is 84.6 Å².